The minimum Gasteiger partial charge on any atom is -0.342 e. The zero-order valence-corrected chi connectivity index (χ0v) is 24.5. The fourth-order valence-electron chi connectivity index (χ4n) is 5.88. The molecule has 0 unspecified atom stereocenters. The summed E-state index contributed by atoms with van der Waals surface area (Å²) in [5.74, 6) is -2.26. The molecule has 2 heterocycles. The largest absolute Gasteiger partial charge is 0.342 e. The Balaban J connectivity index is 1.30. The number of amides is 3. The molecule has 0 bridgehead atoms. The zero-order chi connectivity index (χ0) is 28.4. The van der Waals surface area contributed by atoms with Gasteiger partial charge in [0.15, 0.2) is 9.84 Å². The molecule has 4 aliphatic rings. The predicted octanol–water partition coefficient (Wildman–Crippen LogP) is 2.64. The Labute approximate surface area is 245 Å². The quantitative estimate of drug-likeness (QED) is 0.461. The number of hydrogen-bond acceptors (Lipinski definition) is 6. The van der Waals surface area contributed by atoms with Crippen molar-refractivity contribution in [3.63, 3.8) is 0 Å². The molecule has 40 heavy (non-hydrogen) atoms. The molecule has 2 saturated heterocycles. The monoisotopic (exact) mass is 647 g/mol. The second-order valence-electron chi connectivity index (χ2n) is 11.0. The number of nitrogens with one attached hydrogen (secondary N) is 1. The van der Waals surface area contributed by atoms with Crippen molar-refractivity contribution >= 4 is 60.9 Å². The fraction of sp³-hybridized carbons (Fsp3) is 0.429. The lowest BCUT2D eigenvalue weighted by Crippen LogP contribution is -2.52. The van der Waals surface area contributed by atoms with E-state index in [4.69, 9.17) is 11.6 Å². The molecule has 2 aliphatic heterocycles. The van der Waals surface area contributed by atoms with Crippen molar-refractivity contribution in [3.8, 4) is 0 Å². The molecule has 0 spiro atoms. The first-order valence-electron chi connectivity index (χ1n) is 13.2. The van der Waals surface area contributed by atoms with Crippen molar-refractivity contribution in [2.45, 2.75) is 65.8 Å². The van der Waals surface area contributed by atoms with E-state index >= 15 is 0 Å². The summed E-state index contributed by atoms with van der Waals surface area (Å²) in [5, 5.41) is 1.66. The highest BCUT2D eigenvalue weighted by molar-refractivity contribution is 9.10. The molecule has 3 atom stereocenters. The molecule has 2 saturated carbocycles. The molecular formula is C28H27BrClN3O6S. The molecule has 3 amide bonds. The summed E-state index contributed by atoms with van der Waals surface area (Å²) in [6.45, 7) is -0.104. The number of carbonyl (C=O) groups is 4. The number of sulfone groups is 1. The van der Waals surface area contributed by atoms with E-state index in [2.05, 4.69) is 21.2 Å². The van der Waals surface area contributed by atoms with Crippen LogP contribution in [-0.2, 0) is 34.4 Å². The molecule has 210 valence electrons. The van der Waals surface area contributed by atoms with Crippen LogP contribution >= 0.6 is 27.5 Å². The molecule has 2 aromatic rings. The minimum atomic E-state index is -4.00. The van der Waals surface area contributed by atoms with E-state index in [0.29, 0.717) is 12.8 Å². The average molecular weight is 649 g/mol. The molecule has 0 aromatic heterocycles. The molecule has 6 rings (SSSR count). The van der Waals surface area contributed by atoms with Gasteiger partial charge in [0.25, 0.3) is 5.91 Å². The highest BCUT2D eigenvalue weighted by Gasteiger charge is 2.57. The molecule has 2 aliphatic carbocycles. The standard InChI is InChI=1S/C28H27BrClN3O6S/c29-17-7-5-16(6-8-17)28(11-12-28)27(37)33-14-19(40(38,39)23-4-2-1-3-20(23)30)13-22(33)25(35)31-21-15-32(18-9-10-18)26(36)24(21)34/h1-8,18-19,21-22H,9-15H2,(H,31,35)/t19-,21+,22+/m1/s1. The zero-order valence-electron chi connectivity index (χ0n) is 21.4. The molecule has 1 N–H and O–H groups in total. The van der Waals surface area contributed by atoms with Crippen LogP contribution in [0.2, 0.25) is 5.02 Å². The Hall–Kier alpha value is -2.76. The Morgan fingerprint density at radius 3 is 2.30 bits per heavy atom. The van der Waals surface area contributed by atoms with Gasteiger partial charge in [-0.1, -0.05) is 51.8 Å². The van der Waals surface area contributed by atoms with E-state index in [1.807, 2.05) is 24.3 Å². The summed E-state index contributed by atoms with van der Waals surface area (Å²) in [4.78, 5) is 55.6. The number of halogens is 2. The van der Waals surface area contributed by atoms with Crippen LogP contribution in [0.25, 0.3) is 0 Å². The first-order valence-corrected chi connectivity index (χ1v) is 16.0. The van der Waals surface area contributed by atoms with Crippen molar-refractivity contribution in [2.75, 3.05) is 13.1 Å². The molecule has 12 heteroatoms. The van der Waals surface area contributed by atoms with Crippen molar-refractivity contribution in [1.82, 2.24) is 15.1 Å². The van der Waals surface area contributed by atoms with Gasteiger partial charge in [-0.2, -0.15) is 0 Å². The number of hydrogen-bond donors (Lipinski definition) is 1. The fourth-order valence-corrected chi connectivity index (χ4v) is 8.36. The highest BCUT2D eigenvalue weighted by atomic mass is 79.9. The maximum Gasteiger partial charge on any atom is 0.292 e. The maximum absolute atomic E-state index is 14.1. The van der Waals surface area contributed by atoms with Gasteiger partial charge < -0.3 is 15.1 Å². The van der Waals surface area contributed by atoms with Gasteiger partial charge in [-0.25, -0.2) is 8.42 Å². The van der Waals surface area contributed by atoms with E-state index in [9.17, 15) is 27.6 Å². The van der Waals surface area contributed by atoms with Gasteiger partial charge in [0.1, 0.15) is 12.1 Å². The predicted molar refractivity (Wildman–Crippen MR) is 149 cm³/mol. The number of likely N-dealkylation sites (tertiary alicyclic amines) is 2. The molecule has 0 radical (unpaired) electrons. The number of nitrogens with zero attached hydrogens (tertiary/aromatic N) is 2. The van der Waals surface area contributed by atoms with Gasteiger partial charge in [-0.15, -0.1) is 0 Å². The van der Waals surface area contributed by atoms with Crippen LogP contribution in [0.3, 0.4) is 0 Å². The molecular weight excluding hydrogens is 622 g/mol. The number of Topliss-reactive ketones (excluding diaryl/α,β-unsaturated/α-hetero) is 1. The van der Waals surface area contributed by atoms with E-state index < -0.39 is 50.2 Å². The van der Waals surface area contributed by atoms with Gasteiger partial charge in [-0.3, -0.25) is 19.2 Å². The molecule has 2 aromatic carbocycles. The Morgan fingerprint density at radius 2 is 1.68 bits per heavy atom. The first-order chi connectivity index (χ1) is 19.0. The third-order valence-electron chi connectivity index (χ3n) is 8.44. The Bertz CT molecular complexity index is 1520. The number of benzene rings is 2. The average Bonchev–Trinajstić information content (AvgIpc) is 3.86. The minimum absolute atomic E-state index is 0.0219. The summed E-state index contributed by atoms with van der Waals surface area (Å²) < 4.78 is 28.2. The van der Waals surface area contributed by atoms with Crippen LogP contribution in [0.15, 0.2) is 57.9 Å². The lowest BCUT2D eigenvalue weighted by Gasteiger charge is -2.29. The van der Waals surface area contributed by atoms with Crippen molar-refractivity contribution < 1.29 is 27.6 Å². The lowest BCUT2D eigenvalue weighted by atomic mass is 9.94. The van der Waals surface area contributed by atoms with E-state index in [1.165, 1.54) is 21.9 Å². The van der Waals surface area contributed by atoms with Crippen molar-refractivity contribution in [1.29, 1.82) is 0 Å². The number of rotatable bonds is 7. The highest BCUT2D eigenvalue weighted by Crippen LogP contribution is 2.51. The summed E-state index contributed by atoms with van der Waals surface area (Å²) in [6.07, 6.45) is 2.65. The third kappa shape index (κ3) is 4.65. The summed E-state index contributed by atoms with van der Waals surface area (Å²) in [7, 11) is -4.00. The smallest absolute Gasteiger partial charge is 0.292 e. The van der Waals surface area contributed by atoms with Crippen LogP contribution in [0.4, 0.5) is 0 Å². The molecule has 9 nitrogen and oxygen atoms in total. The van der Waals surface area contributed by atoms with Crippen molar-refractivity contribution in [2.24, 2.45) is 0 Å². The van der Waals surface area contributed by atoms with Gasteiger partial charge >= 0.3 is 0 Å². The van der Waals surface area contributed by atoms with E-state index in [-0.39, 0.29) is 41.4 Å². The van der Waals surface area contributed by atoms with Crippen LogP contribution in [0, 0.1) is 0 Å². The van der Waals surface area contributed by atoms with Crippen LogP contribution in [-0.4, -0.2) is 78.2 Å². The third-order valence-corrected chi connectivity index (χ3v) is 11.6. The summed E-state index contributed by atoms with van der Waals surface area (Å²) >= 11 is 9.64. The number of carbonyl (C=O) groups excluding carboxylic acids is 4. The lowest BCUT2D eigenvalue weighted by molar-refractivity contribution is -0.142. The second kappa shape index (κ2) is 9.95. The number of ketones is 1. The summed E-state index contributed by atoms with van der Waals surface area (Å²) in [5.41, 5.74) is -0.0431. The summed E-state index contributed by atoms with van der Waals surface area (Å²) in [6, 6.07) is 11.4. The SMILES string of the molecule is O=C1C(=O)N(C2CC2)C[C@@H]1NC(=O)[C@@H]1C[C@@H](S(=O)(=O)c2ccccc2Cl)CN1C(=O)C1(c2ccc(Br)cc2)CC1. The van der Waals surface area contributed by atoms with Gasteiger partial charge in [-0.05, 0) is 61.9 Å². The van der Waals surface area contributed by atoms with E-state index in [0.717, 1.165) is 22.9 Å². The van der Waals surface area contributed by atoms with Crippen LogP contribution < -0.4 is 5.32 Å². The van der Waals surface area contributed by atoms with E-state index in [1.54, 1.807) is 12.1 Å². The van der Waals surface area contributed by atoms with Gasteiger partial charge in [0.2, 0.25) is 17.6 Å². The molecule has 4 fully saturated rings. The van der Waals surface area contributed by atoms with Crippen molar-refractivity contribution in [3.05, 3.63) is 63.6 Å². The Kier molecular flexibility index (Phi) is 6.82. The van der Waals surface area contributed by atoms with Gasteiger partial charge in [0, 0.05) is 23.6 Å². The van der Waals surface area contributed by atoms with Crippen LogP contribution in [0.5, 0.6) is 0 Å². The topological polar surface area (TPSA) is 121 Å². The van der Waals surface area contributed by atoms with Crippen LogP contribution in [0.1, 0.15) is 37.7 Å². The second-order valence-corrected chi connectivity index (χ2v) is 14.5. The first kappa shape index (κ1) is 27.4. The Morgan fingerprint density at radius 1 is 1.00 bits per heavy atom. The normalized spacial score (nSPS) is 25.8. The maximum atomic E-state index is 14.1. The van der Waals surface area contributed by atoms with Gasteiger partial charge in [0.05, 0.1) is 20.6 Å².